The Morgan fingerprint density at radius 1 is 1.15 bits per heavy atom. The van der Waals surface area contributed by atoms with Crippen molar-refractivity contribution < 1.29 is 24.2 Å². The third kappa shape index (κ3) is 4.68. The lowest BCUT2D eigenvalue weighted by Gasteiger charge is -2.27. The summed E-state index contributed by atoms with van der Waals surface area (Å²) in [6.45, 7) is 4.76. The molecule has 8 heteroatoms. The lowest BCUT2D eigenvalue weighted by Crippen LogP contribution is -2.36. The fourth-order valence-electron chi connectivity index (χ4n) is 4.20. The summed E-state index contributed by atoms with van der Waals surface area (Å²) in [5.74, 6) is -1.13. The number of amides is 2. The molecule has 4 rings (SSSR count). The molecule has 2 heterocycles. The highest BCUT2D eigenvalue weighted by atomic mass is 32.1. The molecule has 0 spiro atoms. The summed E-state index contributed by atoms with van der Waals surface area (Å²) in [4.78, 5) is 40.5. The molecular weight excluding hydrogens is 452 g/mol. The molecule has 3 aromatic rings. The first kappa shape index (κ1) is 23.5. The van der Waals surface area contributed by atoms with Gasteiger partial charge in [0, 0.05) is 11.4 Å². The van der Waals surface area contributed by atoms with Gasteiger partial charge in [-0.2, -0.15) is 0 Å². The second kappa shape index (κ2) is 9.69. The Kier molecular flexibility index (Phi) is 6.70. The fourth-order valence-corrected chi connectivity index (χ4v) is 5.45. The SMILES string of the molecule is COc1ccccc1C(=O)Nc1sc2c(c1C(=O)O)CCN(C(=O)Cc1cc(C)ccc1C)C2. The molecule has 0 unspecified atom stereocenters. The molecule has 1 aliphatic heterocycles. The molecule has 0 radical (unpaired) electrons. The number of carboxylic acids is 1. The lowest BCUT2D eigenvalue weighted by atomic mass is 10.00. The number of para-hydroxylation sites is 1. The number of aryl methyl sites for hydroxylation is 2. The van der Waals surface area contributed by atoms with E-state index < -0.39 is 11.9 Å². The number of anilines is 1. The summed E-state index contributed by atoms with van der Waals surface area (Å²) in [7, 11) is 1.47. The number of carbonyl (C=O) groups is 3. The van der Waals surface area contributed by atoms with E-state index in [0.29, 0.717) is 42.8 Å². The Labute approximate surface area is 202 Å². The molecule has 0 atom stereocenters. The maximum atomic E-state index is 13.0. The summed E-state index contributed by atoms with van der Waals surface area (Å²) in [6, 6.07) is 12.8. The number of hydrogen-bond acceptors (Lipinski definition) is 5. The number of thiophene rings is 1. The molecule has 2 amide bonds. The first-order valence-corrected chi connectivity index (χ1v) is 11.8. The topological polar surface area (TPSA) is 95.9 Å². The Hall–Kier alpha value is -3.65. The van der Waals surface area contributed by atoms with Gasteiger partial charge in [-0.25, -0.2) is 4.79 Å². The van der Waals surface area contributed by atoms with Gasteiger partial charge in [-0.15, -0.1) is 11.3 Å². The maximum absolute atomic E-state index is 13.0. The van der Waals surface area contributed by atoms with Crippen LogP contribution >= 0.6 is 11.3 Å². The minimum absolute atomic E-state index is 0.00392. The van der Waals surface area contributed by atoms with Crippen molar-refractivity contribution in [3.05, 3.63) is 80.7 Å². The summed E-state index contributed by atoms with van der Waals surface area (Å²) in [5.41, 5.74) is 4.28. The lowest BCUT2D eigenvalue weighted by molar-refractivity contribution is -0.131. The van der Waals surface area contributed by atoms with Gasteiger partial charge in [0.05, 0.1) is 31.2 Å². The maximum Gasteiger partial charge on any atom is 0.339 e. The molecule has 1 aliphatic rings. The van der Waals surface area contributed by atoms with Crippen molar-refractivity contribution in [2.75, 3.05) is 19.0 Å². The van der Waals surface area contributed by atoms with Gasteiger partial charge in [-0.3, -0.25) is 9.59 Å². The van der Waals surface area contributed by atoms with Crippen molar-refractivity contribution >= 4 is 34.1 Å². The zero-order chi connectivity index (χ0) is 24.4. The van der Waals surface area contributed by atoms with Gasteiger partial charge in [0.2, 0.25) is 5.91 Å². The van der Waals surface area contributed by atoms with Crippen LogP contribution in [0.3, 0.4) is 0 Å². The van der Waals surface area contributed by atoms with Crippen LogP contribution in [0.1, 0.15) is 47.8 Å². The van der Waals surface area contributed by atoms with Crippen LogP contribution in [0.5, 0.6) is 5.75 Å². The van der Waals surface area contributed by atoms with Crippen molar-refractivity contribution in [1.82, 2.24) is 4.90 Å². The quantitative estimate of drug-likeness (QED) is 0.546. The third-order valence-electron chi connectivity index (χ3n) is 6.05. The zero-order valence-electron chi connectivity index (χ0n) is 19.3. The Morgan fingerprint density at radius 2 is 1.91 bits per heavy atom. The van der Waals surface area contributed by atoms with Crippen LogP contribution in [0.25, 0.3) is 0 Å². The van der Waals surface area contributed by atoms with Crippen LogP contribution in [-0.2, 0) is 24.2 Å². The number of ether oxygens (including phenoxy) is 1. The van der Waals surface area contributed by atoms with E-state index in [2.05, 4.69) is 5.32 Å². The summed E-state index contributed by atoms with van der Waals surface area (Å²) in [5, 5.41) is 12.9. The third-order valence-corrected chi connectivity index (χ3v) is 7.18. The van der Waals surface area contributed by atoms with E-state index in [-0.39, 0.29) is 16.5 Å². The monoisotopic (exact) mass is 478 g/mol. The average molecular weight is 479 g/mol. The largest absolute Gasteiger partial charge is 0.496 e. The number of rotatable bonds is 6. The standard InChI is InChI=1S/C26H26N2O5S/c1-15-8-9-16(2)17(12-15)13-22(29)28-11-10-19-21(14-28)34-25(23(19)26(31)32)27-24(30)18-6-4-5-7-20(18)33-3/h4-9,12H,10-11,13-14H2,1-3H3,(H,27,30)(H,31,32). The van der Waals surface area contributed by atoms with Crippen LogP contribution < -0.4 is 10.1 Å². The van der Waals surface area contributed by atoms with E-state index >= 15 is 0 Å². The first-order chi connectivity index (χ1) is 16.3. The van der Waals surface area contributed by atoms with E-state index in [1.54, 1.807) is 29.2 Å². The van der Waals surface area contributed by atoms with Crippen LogP contribution in [0.4, 0.5) is 5.00 Å². The highest BCUT2D eigenvalue weighted by molar-refractivity contribution is 7.17. The average Bonchev–Trinajstić information content (AvgIpc) is 3.18. The van der Waals surface area contributed by atoms with Crippen molar-refractivity contribution in [3.8, 4) is 5.75 Å². The van der Waals surface area contributed by atoms with Crippen LogP contribution in [-0.4, -0.2) is 41.4 Å². The van der Waals surface area contributed by atoms with Crippen LogP contribution in [0.15, 0.2) is 42.5 Å². The number of nitrogens with one attached hydrogen (secondary N) is 1. The highest BCUT2D eigenvalue weighted by Crippen LogP contribution is 2.38. The van der Waals surface area contributed by atoms with Crippen molar-refractivity contribution in [2.24, 2.45) is 0 Å². The number of nitrogens with zero attached hydrogens (tertiary/aromatic N) is 1. The number of fused-ring (bicyclic) bond motifs is 1. The van der Waals surface area contributed by atoms with Gasteiger partial charge in [0.1, 0.15) is 10.8 Å². The normalized spacial score (nSPS) is 12.7. The van der Waals surface area contributed by atoms with E-state index in [4.69, 9.17) is 4.74 Å². The van der Waals surface area contributed by atoms with Gasteiger partial charge in [-0.05, 0) is 49.1 Å². The highest BCUT2D eigenvalue weighted by Gasteiger charge is 2.30. The number of benzene rings is 2. The number of aromatic carboxylic acids is 1. The second-order valence-electron chi connectivity index (χ2n) is 8.34. The number of methoxy groups -OCH3 is 1. The molecule has 2 N–H and O–H groups in total. The zero-order valence-corrected chi connectivity index (χ0v) is 20.1. The van der Waals surface area contributed by atoms with Gasteiger partial charge >= 0.3 is 5.97 Å². The van der Waals surface area contributed by atoms with Crippen LogP contribution in [0.2, 0.25) is 0 Å². The molecule has 0 bridgehead atoms. The van der Waals surface area contributed by atoms with Crippen molar-refractivity contribution in [1.29, 1.82) is 0 Å². The number of carbonyl (C=O) groups excluding carboxylic acids is 2. The first-order valence-electron chi connectivity index (χ1n) is 10.9. The smallest absolute Gasteiger partial charge is 0.339 e. The van der Waals surface area contributed by atoms with Gasteiger partial charge in [0.15, 0.2) is 0 Å². The molecule has 0 saturated heterocycles. The van der Waals surface area contributed by atoms with Gasteiger partial charge < -0.3 is 20.1 Å². The Morgan fingerprint density at radius 3 is 2.65 bits per heavy atom. The fraction of sp³-hybridized carbons (Fsp3) is 0.269. The minimum Gasteiger partial charge on any atom is -0.496 e. The predicted molar refractivity (Wildman–Crippen MR) is 131 cm³/mol. The Bertz CT molecular complexity index is 1280. The van der Waals surface area contributed by atoms with E-state index in [9.17, 15) is 19.5 Å². The molecule has 1 aromatic heterocycles. The van der Waals surface area contributed by atoms with Crippen molar-refractivity contribution in [2.45, 2.75) is 33.2 Å². The number of carboxylic acid groups (broad SMARTS) is 1. The molecule has 0 saturated carbocycles. The molecule has 2 aromatic carbocycles. The van der Waals surface area contributed by atoms with E-state index in [1.807, 2.05) is 32.0 Å². The van der Waals surface area contributed by atoms with Crippen LogP contribution in [0, 0.1) is 13.8 Å². The van der Waals surface area contributed by atoms with E-state index in [0.717, 1.165) is 21.6 Å². The summed E-state index contributed by atoms with van der Waals surface area (Å²) in [6.07, 6.45) is 0.730. The molecule has 0 aliphatic carbocycles. The second-order valence-corrected chi connectivity index (χ2v) is 9.44. The Balaban J connectivity index is 1.56. The summed E-state index contributed by atoms with van der Waals surface area (Å²) >= 11 is 1.21. The minimum atomic E-state index is -1.09. The molecule has 34 heavy (non-hydrogen) atoms. The predicted octanol–water partition coefficient (Wildman–Crippen LogP) is 4.45. The summed E-state index contributed by atoms with van der Waals surface area (Å²) < 4.78 is 5.25. The van der Waals surface area contributed by atoms with Gasteiger partial charge in [-0.1, -0.05) is 35.9 Å². The molecule has 176 valence electrons. The van der Waals surface area contributed by atoms with Crippen molar-refractivity contribution in [3.63, 3.8) is 0 Å². The molecule has 7 nitrogen and oxygen atoms in total. The van der Waals surface area contributed by atoms with E-state index in [1.165, 1.54) is 18.4 Å². The molecular formula is C26H26N2O5S. The number of hydrogen-bond donors (Lipinski definition) is 2. The van der Waals surface area contributed by atoms with Gasteiger partial charge in [0.25, 0.3) is 5.91 Å². The molecule has 0 fully saturated rings.